The molecule has 3 amide bonds. The molecule has 1 saturated heterocycles. The Bertz CT molecular complexity index is 844. The summed E-state index contributed by atoms with van der Waals surface area (Å²) in [4.78, 5) is 36.8. The van der Waals surface area contributed by atoms with Crippen molar-refractivity contribution in [2.45, 2.75) is 32.4 Å². The topological polar surface area (TPSA) is 75.7 Å². The SMILES string of the molecule is CC1(C)NC(=O)N(CCC(=O)OCc2ccc(-c3ccccc3)cc2)C1=O. The standard InChI is InChI=1S/C21H22N2O4/c1-21(2)19(25)23(20(26)22-21)13-12-18(24)27-14-15-8-10-17(11-9-15)16-6-4-3-5-7-16/h3-11H,12-14H2,1-2H3,(H,22,26). The Kier molecular flexibility index (Phi) is 5.26. The molecule has 1 aliphatic heterocycles. The van der Waals surface area contributed by atoms with Crippen LogP contribution >= 0.6 is 0 Å². The van der Waals surface area contributed by atoms with Crippen molar-refractivity contribution in [3.63, 3.8) is 0 Å². The third-order valence-electron chi connectivity index (χ3n) is 4.44. The van der Waals surface area contributed by atoms with Crippen molar-refractivity contribution in [3.8, 4) is 11.1 Å². The van der Waals surface area contributed by atoms with Crippen LogP contribution in [0.5, 0.6) is 0 Å². The third kappa shape index (κ3) is 4.34. The maximum atomic E-state index is 12.1. The summed E-state index contributed by atoms with van der Waals surface area (Å²) in [6, 6.07) is 17.3. The molecule has 0 atom stereocenters. The largest absolute Gasteiger partial charge is 0.461 e. The van der Waals surface area contributed by atoms with E-state index in [-0.39, 0.29) is 25.5 Å². The van der Waals surface area contributed by atoms with Crippen molar-refractivity contribution in [3.05, 3.63) is 60.2 Å². The maximum Gasteiger partial charge on any atom is 0.325 e. The van der Waals surface area contributed by atoms with Crippen LogP contribution in [-0.4, -0.2) is 34.9 Å². The van der Waals surface area contributed by atoms with Crippen LogP contribution in [0.3, 0.4) is 0 Å². The summed E-state index contributed by atoms with van der Waals surface area (Å²) in [5.74, 6) is -0.788. The Balaban J connectivity index is 1.48. The van der Waals surface area contributed by atoms with Gasteiger partial charge in [0.2, 0.25) is 0 Å². The number of ether oxygens (including phenoxy) is 1. The third-order valence-corrected chi connectivity index (χ3v) is 4.44. The molecule has 0 aliphatic carbocycles. The van der Waals surface area contributed by atoms with Crippen LogP contribution in [0.25, 0.3) is 11.1 Å². The predicted octanol–water partition coefficient (Wildman–Crippen LogP) is 3.12. The van der Waals surface area contributed by atoms with Crippen LogP contribution in [0, 0.1) is 0 Å². The monoisotopic (exact) mass is 366 g/mol. The molecule has 0 bridgehead atoms. The van der Waals surface area contributed by atoms with Gasteiger partial charge in [0, 0.05) is 6.54 Å². The van der Waals surface area contributed by atoms with Crippen LogP contribution in [0.4, 0.5) is 4.79 Å². The van der Waals surface area contributed by atoms with Crippen molar-refractivity contribution in [1.82, 2.24) is 10.2 Å². The molecule has 1 aliphatic rings. The lowest BCUT2D eigenvalue weighted by Crippen LogP contribution is -2.40. The lowest BCUT2D eigenvalue weighted by Gasteiger charge is -2.15. The first-order valence-corrected chi connectivity index (χ1v) is 8.81. The van der Waals surface area contributed by atoms with E-state index >= 15 is 0 Å². The molecule has 1 N–H and O–H groups in total. The quantitative estimate of drug-likeness (QED) is 0.630. The van der Waals surface area contributed by atoms with Gasteiger partial charge in [-0.05, 0) is 30.5 Å². The molecule has 27 heavy (non-hydrogen) atoms. The van der Waals surface area contributed by atoms with E-state index in [0.29, 0.717) is 0 Å². The number of hydrogen-bond acceptors (Lipinski definition) is 4. The summed E-state index contributed by atoms with van der Waals surface area (Å²) in [6.07, 6.45) is -0.0304. The minimum absolute atomic E-state index is 0.0138. The minimum Gasteiger partial charge on any atom is -0.461 e. The van der Waals surface area contributed by atoms with Crippen LogP contribution in [0.2, 0.25) is 0 Å². The molecule has 1 heterocycles. The number of imide groups is 1. The predicted molar refractivity (Wildman–Crippen MR) is 101 cm³/mol. The Morgan fingerprint density at radius 3 is 2.22 bits per heavy atom. The number of carbonyl (C=O) groups excluding carboxylic acids is 3. The molecule has 0 unspecified atom stereocenters. The van der Waals surface area contributed by atoms with Crippen molar-refractivity contribution in [2.24, 2.45) is 0 Å². The molecular weight excluding hydrogens is 344 g/mol. The average Bonchev–Trinajstić information content (AvgIpc) is 2.86. The molecule has 0 saturated carbocycles. The van der Waals surface area contributed by atoms with Gasteiger partial charge in [0.1, 0.15) is 12.1 Å². The van der Waals surface area contributed by atoms with Gasteiger partial charge in [-0.3, -0.25) is 14.5 Å². The molecule has 3 rings (SSSR count). The average molecular weight is 366 g/mol. The normalized spacial score (nSPS) is 15.6. The van der Waals surface area contributed by atoms with Gasteiger partial charge < -0.3 is 10.1 Å². The second-order valence-corrected chi connectivity index (χ2v) is 6.99. The fourth-order valence-electron chi connectivity index (χ4n) is 2.88. The lowest BCUT2D eigenvalue weighted by atomic mass is 10.0. The summed E-state index contributed by atoms with van der Waals surface area (Å²) < 4.78 is 5.25. The fraction of sp³-hybridized carbons (Fsp3) is 0.286. The molecule has 6 nitrogen and oxygen atoms in total. The number of nitrogens with one attached hydrogen (secondary N) is 1. The van der Waals surface area contributed by atoms with E-state index < -0.39 is 17.5 Å². The zero-order chi connectivity index (χ0) is 19.4. The van der Waals surface area contributed by atoms with Crippen molar-refractivity contribution in [1.29, 1.82) is 0 Å². The first-order chi connectivity index (χ1) is 12.9. The fourth-order valence-corrected chi connectivity index (χ4v) is 2.88. The van der Waals surface area contributed by atoms with Gasteiger partial charge in [-0.1, -0.05) is 54.6 Å². The maximum absolute atomic E-state index is 12.1. The highest BCUT2D eigenvalue weighted by molar-refractivity contribution is 6.06. The highest BCUT2D eigenvalue weighted by Gasteiger charge is 2.44. The van der Waals surface area contributed by atoms with E-state index in [4.69, 9.17) is 4.74 Å². The zero-order valence-corrected chi connectivity index (χ0v) is 15.4. The molecule has 2 aromatic rings. The van der Waals surface area contributed by atoms with Crippen molar-refractivity contribution < 1.29 is 19.1 Å². The van der Waals surface area contributed by atoms with Gasteiger partial charge in [0.25, 0.3) is 5.91 Å². The number of rotatable bonds is 6. The molecular formula is C21H22N2O4. The number of benzene rings is 2. The number of nitrogens with zero attached hydrogens (tertiary/aromatic N) is 1. The second-order valence-electron chi connectivity index (χ2n) is 6.99. The van der Waals surface area contributed by atoms with Crippen LogP contribution in [0.1, 0.15) is 25.8 Å². The molecule has 1 fully saturated rings. The molecule has 140 valence electrons. The Morgan fingerprint density at radius 2 is 1.63 bits per heavy atom. The molecule has 2 aromatic carbocycles. The lowest BCUT2D eigenvalue weighted by molar-refractivity contribution is -0.145. The Labute approximate surface area is 158 Å². The van der Waals surface area contributed by atoms with E-state index in [9.17, 15) is 14.4 Å². The second kappa shape index (κ2) is 7.61. The molecule has 6 heteroatoms. The van der Waals surface area contributed by atoms with Gasteiger partial charge in [-0.2, -0.15) is 0 Å². The minimum atomic E-state index is -0.929. The Morgan fingerprint density at radius 1 is 1.00 bits per heavy atom. The van der Waals surface area contributed by atoms with Gasteiger partial charge in [-0.15, -0.1) is 0 Å². The summed E-state index contributed by atoms with van der Waals surface area (Å²) in [7, 11) is 0. The van der Waals surface area contributed by atoms with Crippen LogP contribution in [-0.2, 0) is 20.9 Å². The van der Waals surface area contributed by atoms with Gasteiger partial charge in [0.15, 0.2) is 0 Å². The van der Waals surface area contributed by atoms with Gasteiger partial charge >= 0.3 is 12.0 Å². The van der Waals surface area contributed by atoms with E-state index in [0.717, 1.165) is 21.6 Å². The number of esters is 1. The van der Waals surface area contributed by atoms with Crippen LogP contribution < -0.4 is 5.32 Å². The highest BCUT2D eigenvalue weighted by atomic mass is 16.5. The van der Waals surface area contributed by atoms with Crippen molar-refractivity contribution in [2.75, 3.05) is 6.54 Å². The Hall–Kier alpha value is -3.15. The number of hydrogen-bond donors (Lipinski definition) is 1. The van der Waals surface area contributed by atoms with E-state index in [1.807, 2.05) is 54.6 Å². The van der Waals surface area contributed by atoms with Crippen LogP contribution in [0.15, 0.2) is 54.6 Å². The van der Waals surface area contributed by atoms with E-state index in [1.165, 1.54) is 0 Å². The smallest absolute Gasteiger partial charge is 0.325 e. The summed E-state index contributed by atoms with van der Waals surface area (Å²) >= 11 is 0. The number of urea groups is 1. The summed E-state index contributed by atoms with van der Waals surface area (Å²) in [5, 5.41) is 2.58. The zero-order valence-electron chi connectivity index (χ0n) is 15.4. The first kappa shape index (κ1) is 18.6. The van der Waals surface area contributed by atoms with E-state index in [1.54, 1.807) is 13.8 Å². The van der Waals surface area contributed by atoms with Gasteiger partial charge in [-0.25, -0.2) is 4.79 Å². The molecule has 0 radical (unpaired) electrons. The van der Waals surface area contributed by atoms with E-state index in [2.05, 4.69) is 5.32 Å². The molecule has 0 spiro atoms. The summed E-state index contributed by atoms with van der Waals surface area (Å²) in [5.41, 5.74) is 2.16. The summed E-state index contributed by atoms with van der Waals surface area (Å²) in [6.45, 7) is 3.43. The first-order valence-electron chi connectivity index (χ1n) is 8.81. The van der Waals surface area contributed by atoms with Crippen molar-refractivity contribution >= 4 is 17.9 Å². The van der Waals surface area contributed by atoms with Gasteiger partial charge in [0.05, 0.1) is 6.42 Å². The highest BCUT2D eigenvalue weighted by Crippen LogP contribution is 2.20. The number of carbonyl (C=O) groups is 3. The molecule has 0 aromatic heterocycles. The number of amides is 3.